The molecule has 0 aliphatic heterocycles. The van der Waals surface area contributed by atoms with E-state index in [-0.39, 0.29) is 17.1 Å². The van der Waals surface area contributed by atoms with Gasteiger partial charge in [0.25, 0.3) is 11.6 Å². The number of nitrogens with zero attached hydrogens (tertiary/aromatic N) is 1. The van der Waals surface area contributed by atoms with E-state index in [9.17, 15) is 28.1 Å². The van der Waals surface area contributed by atoms with E-state index in [0.717, 1.165) is 25.3 Å². The first-order chi connectivity index (χ1) is 9.50. The second-order valence-electron chi connectivity index (χ2n) is 4.30. The van der Waals surface area contributed by atoms with Gasteiger partial charge in [-0.1, -0.05) is 0 Å². The van der Waals surface area contributed by atoms with Crippen molar-refractivity contribution in [2.24, 2.45) is 5.73 Å². The largest absolute Gasteiger partial charge is 0.494 e. The lowest BCUT2D eigenvalue weighted by molar-refractivity contribution is -0.384. The number of amides is 1. The molecule has 1 aromatic rings. The zero-order valence-electron chi connectivity index (χ0n) is 11.0. The van der Waals surface area contributed by atoms with E-state index in [1.165, 1.54) is 0 Å². The van der Waals surface area contributed by atoms with Crippen molar-refractivity contribution in [2.45, 2.75) is 18.6 Å². The zero-order chi connectivity index (χ0) is 16.4. The number of nitro benzene ring substituents is 1. The summed E-state index contributed by atoms with van der Waals surface area (Å²) in [5.41, 5.74) is 1.36. The van der Waals surface area contributed by atoms with Crippen LogP contribution >= 0.6 is 0 Å². The van der Waals surface area contributed by atoms with Crippen LogP contribution in [0.25, 0.3) is 0 Å². The molecule has 0 bridgehead atoms. The standard InChI is InChI=1S/C11H12F3N3O4/c1-10(15,11(12,13)14)9(18)16-7-4-3-6(17(19)20)5-8(7)21-2/h3-5H,15H2,1-2H3,(H,16,18). The quantitative estimate of drug-likeness (QED) is 0.651. The zero-order valence-corrected chi connectivity index (χ0v) is 11.0. The van der Waals surface area contributed by atoms with E-state index in [4.69, 9.17) is 10.5 Å². The molecular formula is C11H12F3N3O4. The smallest absolute Gasteiger partial charge is 0.415 e. The fourth-order valence-corrected chi connectivity index (χ4v) is 1.28. The number of ether oxygens (including phenoxy) is 1. The molecule has 0 aliphatic rings. The predicted molar refractivity (Wildman–Crippen MR) is 66.9 cm³/mol. The van der Waals surface area contributed by atoms with Gasteiger partial charge in [0.05, 0.1) is 23.8 Å². The summed E-state index contributed by atoms with van der Waals surface area (Å²) in [6.07, 6.45) is -4.95. The van der Waals surface area contributed by atoms with Gasteiger partial charge < -0.3 is 15.8 Å². The van der Waals surface area contributed by atoms with E-state index in [1.54, 1.807) is 0 Å². The van der Waals surface area contributed by atoms with Crippen LogP contribution in [0.1, 0.15) is 6.92 Å². The van der Waals surface area contributed by atoms with Crippen LogP contribution < -0.4 is 15.8 Å². The van der Waals surface area contributed by atoms with Gasteiger partial charge in [-0.15, -0.1) is 0 Å². The van der Waals surface area contributed by atoms with Gasteiger partial charge in [-0.05, 0) is 13.0 Å². The maximum Gasteiger partial charge on any atom is 0.415 e. The average Bonchev–Trinajstić information content (AvgIpc) is 2.37. The molecule has 1 atom stereocenters. The molecule has 1 amide bonds. The van der Waals surface area contributed by atoms with E-state index < -0.39 is 22.5 Å². The monoisotopic (exact) mass is 307 g/mol. The summed E-state index contributed by atoms with van der Waals surface area (Å²) in [6.45, 7) is 0.514. The van der Waals surface area contributed by atoms with Gasteiger partial charge >= 0.3 is 6.18 Å². The van der Waals surface area contributed by atoms with Gasteiger partial charge in [0.1, 0.15) is 5.75 Å². The van der Waals surface area contributed by atoms with Gasteiger partial charge in [-0.3, -0.25) is 14.9 Å². The van der Waals surface area contributed by atoms with Gasteiger partial charge in [-0.25, -0.2) is 0 Å². The summed E-state index contributed by atoms with van der Waals surface area (Å²) < 4.78 is 42.7. The second-order valence-corrected chi connectivity index (χ2v) is 4.30. The number of benzene rings is 1. The van der Waals surface area contributed by atoms with E-state index >= 15 is 0 Å². The molecule has 0 heterocycles. The molecule has 0 fully saturated rings. The predicted octanol–water partition coefficient (Wildman–Crippen LogP) is 1.82. The Kier molecular flexibility index (Phi) is 4.42. The number of nitrogens with two attached hydrogens (primary N) is 1. The number of anilines is 1. The minimum atomic E-state index is -4.95. The number of halogens is 3. The Morgan fingerprint density at radius 1 is 1.43 bits per heavy atom. The summed E-state index contributed by atoms with van der Waals surface area (Å²) in [4.78, 5) is 21.5. The lowest BCUT2D eigenvalue weighted by Gasteiger charge is -2.26. The summed E-state index contributed by atoms with van der Waals surface area (Å²) in [6, 6.07) is 3.04. The highest BCUT2D eigenvalue weighted by Gasteiger charge is 2.54. The number of alkyl halides is 3. The summed E-state index contributed by atoms with van der Waals surface area (Å²) in [7, 11) is 1.15. The highest BCUT2D eigenvalue weighted by molar-refractivity contribution is 5.99. The third kappa shape index (κ3) is 3.40. The number of nitrogens with one attached hydrogen (secondary N) is 1. The topological polar surface area (TPSA) is 107 Å². The minimum Gasteiger partial charge on any atom is -0.494 e. The number of non-ortho nitro benzene ring substituents is 1. The van der Waals surface area contributed by atoms with Crippen LogP contribution in [-0.4, -0.2) is 29.7 Å². The Labute approximate surface area is 117 Å². The fraction of sp³-hybridized carbons (Fsp3) is 0.364. The lowest BCUT2D eigenvalue weighted by atomic mass is 10.0. The highest BCUT2D eigenvalue weighted by atomic mass is 19.4. The number of hydrogen-bond donors (Lipinski definition) is 2. The fourth-order valence-electron chi connectivity index (χ4n) is 1.28. The number of carbonyl (C=O) groups is 1. The van der Waals surface area contributed by atoms with Crippen LogP contribution in [0.5, 0.6) is 5.75 Å². The SMILES string of the molecule is COc1cc([N+](=O)[O-])ccc1NC(=O)C(C)(N)C(F)(F)F. The van der Waals surface area contributed by atoms with Crippen LogP contribution in [0.4, 0.5) is 24.5 Å². The van der Waals surface area contributed by atoms with Crippen LogP contribution in [0, 0.1) is 10.1 Å². The van der Waals surface area contributed by atoms with Crippen molar-refractivity contribution in [3.8, 4) is 5.75 Å². The second kappa shape index (κ2) is 5.56. The van der Waals surface area contributed by atoms with Crippen molar-refractivity contribution in [1.29, 1.82) is 0 Å². The van der Waals surface area contributed by atoms with Gasteiger partial charge in [0, 0.05) is 6.07 Å². The molecule has 0 spiro atoms. The maximum absolute atomic E-state index is 12.6. The molecule has 0 aliphatic carbocycles. The molecule has 0 saturated carbocycles. The summed E-state index contributed by atoms with van der Waals surface area (Å²) in [5, 5.41) is 12.5. The molecule has 0 aromatic heterocycles. The number of rotatable bonds is 4. The molecule has 1 unspecified atom stereocenters. The Hall–Kier alpha value is -2.36. The number of hydrogen-bond acceptors (Lipinski definition) is 5. The van der Waals surface area contributed by atoms with Crippen LogP contribution in [0.15, 0.2) is 18.2 Å². The number of methoxy groups -OCH3 is 1. The van der Waals surface area contributed by atoms with Gasteiger partial charge in [0.15, 0.2) is 5.54 Å². The van der Waals surface area contributed by atoms with Gasteiger partial charge in [0.2, 0.25) is 0 Å². The molecule has 116 valence electrons. The minimum absolute atomic E-state index is 0.157. The average molecular weight is 307 g/mol. The molecule has 0 saturated heterocycles. The lowest BCUT2D eigenvalue weighted by Crippen LogP contribution is -2.59. The first-order valence-corrected chi connectivity index (χ1v) is 5.50. The molecule has 10 heteroatoms. The van der Waals surface area contributed by atoms with Crippen molar-refractivity contribution in [1.82, 2.24) is 0 Å². The van der Waals surface area contributed by atoms with E-state index in [2.05, 4.69) is 0 Å². The van der Waals surface area contributed by atoms with E-state index in [0.29, 0.717) is 6.92 Å². The third-order valence-electron chi connectivity index (χ3n) is 2.70. The number of carbonyl (C=O) groups excluding carboxylic acids is 1. The molecule has 1 aromatic carbocycles. The molecular weight excluding hydrogens is 295 g/mol. The van der Waals surface area contributed by atoms with Crippen LogP contribution in [0.3, 0.4) is 0 Å². The Bertz CT molecular complexity index is 572. The van der Waals surface area contributed by atoms with E-state index in [1.807, 2.05) is 5.32 Å². The molecule has 1 rings (SSSR count). The Morgan fingerprint density at radius 2 is 2.00 bits per heavy atom. The number of nitro groups is 1. The molecule has 3 N–H and O–H groups in total. The normalized spacial score (nSPS) is 14.2. The maximum atomic E-state index is 12.6. The molecule has 21 heavy (non-hydrogen) atoms. The van der Waals surface area contributed by atoms with Crippen molar-refractivity contribution in [3.63, 3.8) is 0 Å². The van der Waals surface area contributed by atoms with Crippen LogP contribution in [-0.2, 0) is 4.79 Å². The first-order valence-electron chi connectivity index (χ1n) is 5.50. The molecule has 0 radical (unpaired) electrons. The Morgan fingerprint density at radius 3 is 2.43 bits per heavy atom. The Balaban J connectivity index is 3.09. The summed E-state index contributed by atoms with van der Waals surface area (Å²) in [5.74, 6) is -1.67. The first kappa shape index (κ1) is 16.7. The summed E-state index contributed by atoms with van der Waals surface area (Å²) >= 11 is 0. The third-order valence-corrected chi connectivity index (χ3v) is 2.70. The highest BCUT2D eigenvalue weighted by Crippen LogP contribution is 2.32. The van der Waals surface area contributed by atoms with Crippen molar-refractivity contribution in [2.75, 3.05) is 12.4 Å². The molecule has 7 nitrogen and oxygen atoms in total. The van der Waals surface area contributed by atoms with Crippen molar-refractivity contribution >= 4 is 17.3 Å². The van der Waals surface area contributed by atoms with Crippen molar-refractivity contribution < 1.29 is 27.6 Å². The van der Waals surface area contributed by atoms with Crippen molar-refractivity contribution in [3.05, 3.63) is 28.3 Å². The van der Waals surface area contributed by atoms with Gasteiger partial charge in [-0.2, -0.15) is 13.2 Å². The van der Waals surface area contributed by atoms with Crippen LogP contribution in [0.2, 0.25) is 0 Å².